The van der Waals surface area contributed by atoms with E-state index in [0.29, 0.717) is 5.92 Å². The van der Waals surface area contributed by atoms with Gasteiger partial charge >= 0.3 is 0 Å². The molecule has 1 rings (SSSR count). The molecule has 1 fully saturated rings. The van der Waals surface area contributed by atoms with Crippen LogP contribution in [0.2, 0.25) is 0 Å². The summed E-state index contributed by atoms with van der Waals surface area (Å²) in [6.07, 6.45) is 2.19. The Labute approximate surface area is 62.2 Å². The van der Waals surface area contributed by atoms with Gasteiger partial charge < -0.3 is 9.84 Å². The van der Waals surface area contributed by atoms with Crippen molar-refractivity contribution in [1.82, 2.24) is 0 Å². The molecule has 0 aromatic heterocycles. The van der Waals surface area contributed by atoms with E-state index < -0.39 is 5.60 Å². The molecule has 0 bridgehead atoms. The van der Waals surface area contributed by atoms with E-state index >= 15 is 0 Å². The maximum atomic E-state index is 9.56. The summed E-state index contributed by atoms with van der Waals surface area (Å²) in [4.78, 5) is 0. The molecule has 60 valence electrons. The van der Waals surface area contributed by atoms with Crippen LogP contribution >= 0.6 is 0 Å². The van der Waals surface area contributed by atoms with Gasteiger partial charge in [0.2, 0.25) is 0 Å². The first-order valence-corrected chi connectivity index (χ1v) is 3.91. The molecule has 1 N–H and O–H groups in total. The zero-order valence-corrected chi connectivity index (χ0v) is 6.76. The highest BCUT2D eigenvalue weighted by Crippen LogP contribution is 2.24. The summed E-state index contributed by atoms with van der Waals surface area (Å²) >= 11 is 0. The normalized spacial score (nSPS) is 28.5. The predicted octanol–water partition coefficient (Wildman–Crippen LogP) is 1.18. The first kappa shape index (κ1) is 8.02. The number of hydrogen-bond donors (Lipinski definition) is 1. The molecule has 0 radical (unpaired) electrons. The van der Waals surface area contributed by atoms with Crippen molar-refractivity contribution >= 4 is 0 Å². The molecule has 0 aliphatic carbocycles. The van der Waals surface area contributed by atoms with E-state index in [0.717, 1.165) is 26.1 Å². The third-order valence-corrected chi connectivity index (χ3v) is 2.16. The smallest absolute Gasteiger partial charge is 0.0641 e. The molecule has 0 saturated carbocycles. The Morgan fingerprint density at radius 3 is 2.50 bits per heavy atom. The van der Waals surface area contributed by atoms with Crippen LogP contribution in [0.4, 0.5) is 0 Å². The molecule has 1 aliphatic rings. The summed E-state index contributed by atoms with van der Waals surface area (Å²) in [6, 6.07) is 0. The minimum Gasteiger partial charge on any atom is -0.390 e. The van der Waals surface area contributed by atoms with Gasteiger partial charge in [-0.1, -0.05) is 0 Å². The Balaban J connectivity index is 2.39. The summed E-state index contributed by atoms with van der Waals surface area (Å²) in [6.45, 7) is 5.30. The maximum Gasteiger partial charge on any atom is 0.0641 e. The van der Waals surface area contributed by atoms with E-state index in [1.807, 2.05) is 13.8 Å². The SMILES string of the molecule is CC(C)(O)C1CCCOC1. The predicted molar refractivity (Wildman–Crippen MR) is 39.8 cm³/mol. The van der Waals surface area contributed by atoms with Crippen LogP contribution < -0.4 is 0 Å². The van der Waals surface area contributed by atoms with E-state index in [9.17, 15) is 5.11 Å². The van der Waals surface area contributed by atoms with Gasteiger partial charge in [0.05, 0.1) is 12.2 Å². The quantitative estimate of drug-likeness (QED) is 0.599. The first-order chi connectivity index (χ1) is 4.61. The summed E-state index contributed by atoms with van der Waals surface area (Å²) < 4.78 is 5.25. The third kappa shape index (κ3) is 1.96. The molecule has 0 amide bonds. The van der Waals surface area contributed by atoms with Gasteiger partial charge in [-0.05, 0) is 26.7 Å². The fourth-order valence-electron chi connectivity index (χ4n) is 1.30. The van der Waals surface area contributed by atoms with E-state index in [1.165, 1.54) is 0 Å². The van der Waals surface area contributed by atoms with E-state index in [2.05, 4.69) is 0 Å². The lowest BCUT2D eigenvalue weighted by molar-refractivity contribution is -0.0566. The minimum absolute atomic E-state index is 0.334. The molecule has 0 spiro atoms. The van der Waals surface area contributed by atoms with Crippen LogP contribution in [-0.2, 0) is 4.74 Å². The second-order valence-corrected chi connectivity index (χ2v) is 3.57. The van der Waals surface area contributed by atoms with Crippen LogP contribution in [-0.4, -0.2) is 23.9 Å². The third-order valence-electron chi connectivity index (χ3n) is 2.16. The molecule has 10 heavy (non-hydrogen) atoms. The van der Waals surface area contributed by atoms with Gasteiger partial charge in [-0.2, -0.15) is 0 Å². The topological polar surface area (TPSA) is 29.5 Å². The lowest BCUT2D eigenvalue weighted by atomic mass is 9.87. The Bertz CT molecular complexity index is 98.3. The van der Waals surface area contributed by atoms with Gasteiger partial charge in [-0.3, -0.25) is 0 Å². The highest BCUT2D eigenvalue weighted by Gasteiger charge is 2.28. The van der Waals surface area contributed by atoms with Crippen LogP contribution in [0.1, 0.15) is 26.7 Å². The monoisotopic (exact) mass is 144 g/mol. The molecular weight excluding hydrogens is 128 g/mol. The Morgan fingerprint density at radius 1 is 1.50 bits per heavy atom. The minimum atomic E-state index is -0.555. The van der Waals surface area contributed by atoms with Gasteiger partial charge in [0.25, 0.3) is 0 Å². The number of ether oxygens (including phenoxy) is 1. The van der Waals surface area contributed by atoms with E-state index in [-0.39, 0.29) is 0 Å². The average molecular weight is 144 g/mol. The van der Waals surface area contributed by atoms with Crippen molar-refractivity contribution in [3.05, 3.63) is 0 Å². The van der Waals surface area contributed by atoms with Gasteiger partial charge in [0.15, 0.2) is 0 Å². The summed E-state index contributed by atoms with van der Waals surface area (Å²) in [5.74, 6) is 0.334. The van der Waals surface area contributed by atoms with Gasteiger partial charge in [-0.25, -0.2) is 0 Å². The summed E-state index contributed by atoms with van der Waals surface area (Å²) in [5, 5.41) is 9.56. The molecule has 1 unspecified atom stereocenters. The van der Waals surface area contributed by atoms with Crippen LogP contribution in [0, 0.1) is 5.92 Å². The average Bonchev–Trinajstić information content (AvgIpc) is 1.88. The van der Waals surface area contributed by atoms with Crippen LogP contribution in [0.3, 0.4) is 0 Å². The van der Waals surface area contributed by atoms with Crippen molar-refractivity contribution in [2.75, 3.05) is 13.2 Å². The molecule has 0 aromatic rings. The van der Waals surface area contributed by atoms with Gasteiger partial charge in [-0.15, -0.1) is 0 Å². The molecule has 1 aliphatic heterocycles. The van der Waals surface area contributed by atoms with Crippen molar-refractivity contribution in [3.63, 3.8) is 0 Å². The van der Waals surface area contributed by atoms with Crippen molar-refractivity contribution in [3.8, 4) is 0 Å². The Hall–Kier alpha value is -0.0800. The van der Waals surface area contributed by atoms with E-state index in [4.69, 9.17) is 4.74 Å². The van der Waals surface area contributed by atoms with Crippen molar-refractivity contribution < 1.29 is 9.84 Å². The standard InChI is InChI=1S/C8H16O2/c1-8(2,9)7-4-3-5-10-6-7/h7,9H,3-6H2,1-2H3. The van der Waals surface area contributed by atoms with Crippen LogP contribution in [0.5, 0.6) is 0 Å². The molecule has 0 aromatic carbocycles. The summed E-state index contributed by atoms with van der Waals surface area (Å²) in [7, 11) is 0. The number of hydrogen-bond acceptors (Lipinski definition) is 2. The fourth-order valence-corrected chi connectivity index (χ4v) is 1.30. The molecule has 1 saturated heterocycles. The molecule has 1 atom stereocenters. The van der Waals surface area contributed by atoms with Crippen molar-refractivity contribution in [2.24, 2.45) is 5.92 Å². The van der Waals surface area contributed by atoms with E-state index in [1.54, 1.807) is 0 Å². The molecule has 1 heterocycles. The van der Waals surface area contributed by atoms with Gasteiger partial charge in [0, 0.05) is 12.5 Å². The highest BCUT2D eigenvalue weighted by molar-refractivity contribution is 4.78. The second-order valence-electron chi connectivity index (χ2n) is 3.57. The Morgan fingerprint density at radius 2 is 2.20 bits per heavy atom. The lowest BCUT2D eigenvalue weighted by Crippen LogP contribution is -2.36. The zero-order valence-electron chi connectivity index (χ0n) is 6.76. The molecule has 2 heteroatoms. The largest absolute Gasteiger partial charge is 0.390 e. The Kier molecular flexibility index (Phi) is 2.32. The lowest BCUT2D eigenvalue weighted by Gasteiger charge is -2.32. The molecule has 2 nitrogen and oxygen atoms in total. The first-order valence-electron chi connectivity index (χ1n) is 3.91. The zero-order chi connectivity index (χ0) is 7.61. The maximum absolute atomic E-state index is 9.56. The highest BCUT2D eigenvalue weighted by atomic mass is 16.5. The fraction of sp³-hybridized carbons (Fsp3) is 1.00. The number of aliphatic hydroxyl groups is 1. The van der Waals surface area contributed by atoms with Gasteiger partial charge in [0.1, 0.15) is 0 Å². The van der Waals surface area contributed by atoms with Crippen molar-refractivity contribution in [2.45, 2.75) is 32.3 Å². The number of rotatable bonds is 1. The van der Waals surface area contributed by atoms with Crippen LogP contribution in [0.25, 0.3) is 0 Å². The second kappa shape index (κ2) is 2.89. The van der Waals surface area contributed by atoms with Crippen molar-refractivity contribution in [1.29, 1.82) is 0 Å². The molecular formula is C8H16O2. The van der Waals surface area contributed by atoms with Crippen LogP contribution in [0.15, 0.2) is 0 Å². The summed E-state index contributed by atoms with van der Waals surface area (Å²) in [5.41, 5.74) is -0.555.